The molecule has 0 radical (unpaired) electrons. The predicted octanol–water partition coefficient (Wildman–Crippen LogP) is 6.54. The molecule has 6 heteroatoms. The van der Waals surface area contributed by atoms with E-state index in [1.54, 1.807) is 30.3 Å². The third-order valence-electron chi connectivity index (χ3n) is 5.56. The number of nitrogens with two attached hydrogens (primary N) is 1. The van der Waals surface area contributed by atoms with E-state index in [-0.39, 0.29) is 39.7 Å². The van der Waals surface area contributed by atoms with E-state index in [1.165, 1.54) is 6.07 Å². The quantitative estimate of drug-likeness (QED) is 0.301. The maximum atomic E-state index is 13.5. The lowest BCUT2D eigenvalue weighted by atomic mass is 9.82. The van der Waals surface area contributed by atoms with E-state index in [9.17, 15) is 9.59 Å². The summed E-state index contributed by atoms with van der Waals surface area (Å²) in [6.07, 6.45) is 0. The summed E-state index contributed by atoms with van der Waals surface area (Å²) >= 11 is 6.11. The lowest BCUT2D eigenvalue weighted by molar-refractivity contribution is 0.0980. The van der Waals surface area contributed by atoms with Crippen molar-refractivity contribution in [2.24, 2.45) is 0 Å². The number of anilines is 3. The maximum absolute atomic E-state index is 13.5. The van der Waals surface area contributed by atoms with Crippen molar-refractivity contribution in [1.82, 2.24) is 0 Å². The van der Waals surface area contributed by atoms with Gasteiger partial charge in [0.15, 0.2) is 17.3 Å². The number of rotatable bonds is 4. The standard InChI is InChI=1S/C27H19ClN2O3/c1-15-7-10-17(11-8-15)30-21-14-22(33-18-5-3-2-4-6-18)25(29)24-23(21)26(31)19-12-9-16(28)13-20(19)27(24)32/h2-14,30H,29H2,1H3. The zero-order valence-corrected chi connectivity index (χ0v) is 18.4. The summed E-state index contributed by atoms with van der Waals surface area (Å²) in [7, 11) is 0. The van der Waals surface area contributed by atoms with Gasteiger partial charge in [-0.15, -0.1) is 0 Å². The SMILES string of the molecule is Cc1ccc(Nc2cc(Oc3ccccc3)c(N)c3c2C(=O)c2ccc(Cl)cc2C3=O)cc1. The Morgan fingerprint density at radius 1 is 0.818 bits per heavy atom. The fourth-order valence-electron chi connectivity index (χ4n) is 3.91. The Balaban J connectivity index is 1.71. The number of ketones is 2. The maximum Gasteiger partial charge on any atom is 0.196 e. The molecule has 1 aliphatic rings. The van der Waals surface area contributed by atoms with Crippen LogP contribution in [0.2, 0.25) is 5.02 Å². The molecule has 1 aliphatic carbocycles. The minimum Gasteiger partial charge on any atom is -0.455 e. The normalized spacial score (nSPS) is 12.2. The van der Waals surface area contributed by atoms with Crippen molar-refractivity contribution in [1.29, 1.82) is 0 Å². The summed E-state index contributed by atoms with van der Waals surface area (Å²) < 4.78 is 6.01. The molecule has 0 aliphatic heterocycles. The van der Waals surface area contributed by atoms with E-state index in [0.717, 1.165) is 11.3 Å². The van der Waals surface area contributed by atoms with Gasteiger partial charge >= 0.3 is 0 Å². The fraction of sp³-hybridized carbons (Fsp3) is 0.0370. The van der Waals surface area contributed by atoms with Gasteiger partial charge in [-0.2, -0.15) is 0 Å². The lowest BCUT2D eigenvalue weighted by Gasteiger charge is -2.24. The van der Waals surface area contributed by atoms with Crippen molar-refractivity contribution in [2.75, 3.05) is 11.1 Å². The molecule has 33 heavy (non-hydrogen) atoms. The summed E-state index contributed by atoms with van der Waals surface area (Å²) in [5, 5.41) is 3.64. The second kappa shape index (κ2) is 8.11. The molecule has 0 amide bonds. The zero-order chi connectivity index (χ0) is 23.1. The number of carbonyl (C=O) groups excluding carboxylic acids is 2. The number of hydrogen-bond donors (Lipinski definition) is 2. The molecule has 0 atom stereocenters. The van der Waals surface area contributed by atoms with Crippen LogP contribution in [0, 0.1) is 6.92 Å². The van der Waals surface area contributed by atoms with Crippen LogP contribution in [0.4, 0.5) is 17.1 Å². The second-order valence-corrected chi connectivity index (χ2v) is 8.28. The van der Waals surface area contributed by atoms with Gasteiger partial charge in [0.2, 0.25) is 0 Å². The number of hydrogen-bond acceptors (Lipinski definition) is 5. The van der Waals surface area contributed by atoms with Gasteiger partial charge in [-0.05, 0) is 49.4 Å². The van der Waals surface area contributed by atoms with Crippen LogP contribution in [-0.2, 0) is 0 Å². The number of aryl methyl sites for hydroxylation is 1. The van der Waals surface area contributed by atoms with E-state index in [1.807, 2.05) is 49.4 Å². The molecule has 0 saturated heterocycles. The number of nitrogens with one attached hydrogen (secondary N) is 1. The Labute approximate surface area is 195 Å². The largest absolute Gasteiger partial charge is 0.455 e. The Bertz CT molecular complexity index is 1410. The summed E-state index contributed by atoms with van der Waals surface area (Å²) in [5.41, 5.74) is 9.67. The Morgan fingerprint density at radius 2 is 1.52 bits per heavy atom. The van der Waals surface area contributed by atoms with Gasteiger partial charge in [0.25, 0.3) is 0 Å². The highest BCUT2D eigenvalue weighted by atomic mass is 35.5. The van der Waals surface area contributed by atoms with Crippen LogP contribution in [0.5, 0.6) is 11.5 Å². The molecular weight excluding hydrogens is 436 g/mol. The third-order valence-corrected chi connectivity index (χ3v) is 5.79. The van der Waals surface area contributed by atoms with Crippen LogP contribution in [0.1, 0.15) is 37.4 Å². The predicted molar refractivity (Wildman–Crippen MR) is 130 cm³/mol. The number of fused-ring (bicyclic) bond motifs is 2. The molecule has 3 N–H and O–H groups in total. The zero-order valence-electron chi connectivity index (χ0n) is 17.7. The monoisotopic (exact) mass is 454 g/mol. The van der Waals surface area contributed by atoms with E-state index < -0.39 is 0 Å². The van der Waals surface area contributed by atoms with Crippen LogP contribution in [0.3, 0.4) is 0 Å². The molecule has 0 bridgehead atoms. The number of halogens is 1. The highest BCUT2D eigenvalue weighted by molar-refractivity contribution is 6.35. The van der Waals surface area contributed by atoms with E-state index >= 15 is 0 Å². The van der Waals surface area contributed by atoms with Crippen LogP contribution in [-0.4, -0.2) is 11.6 Å². The summed E-state index contributed by atoms with van der Waals surface area (Å²) in [5.74, 6) is 0.165. The minimum absolute atomic E-state index is 0.104. The summed E-state index contributed by atoms with van der Waals surface area (Å²) in [4.78, 5) is 27.0. The molecule has 0 fully saturated rings. The first-order valence-corrected chi connectivity index (χ1v) is 10.7. The molecule has 4 aromatic carbocycles. The molecule has 0 saturated carbocycles. The van der Waals surface area contributed by atoms with E-state index in [4.69, 9.17) is 22.1 Å². The molecule has 0 unspecified atom stereocenters. The highest BCUT2D eigenvalue weighted by Crippen LogP contribution is 2.43. The van der Waals surface area contributed by atoms with Gasteiger partial charge in [0.1, 0.15) is 5.75 Å². The number of carbonyl (C=O) groups is 2. The first kappa shape index (κ1) is 20.8. The smallest absolute Gasteiger partial charge is 0.196 e. The second-order valence-electron chi connectivity index (χ2n) is 7.84. The molecule has 4 aromatic rings. The summed E-state index contributed by atoms with van der Waals surface area (Å²) in [6.45, 7) is 1.99. The number of nitrogen functional groups attached to an aromatic ring is 1. The van der Waals surface area contributed by atoms with E-state index in [0.29, 0.717) is 22.0 Å². The third kappa shape index (κ3) is 3.73. The van der Waals surface area contributed by atoms with Crippen LogP contribution >= 0.6 is 11.6 Å². The van der Waals surface area contributed by atoms with Gasteiger partial charge in [0, 0.05) is 27.9 Å². The van der Waals surface area contributed by atoms with Gasteiger partial charge in [0.05, 0.1) is 22.5 Å². The average molecular weight is 455 g/mol. The first-order chi connectivity index (χ1) is 15.9. The molecular formula is C27H19ClN2O3. The van der Waals surface area contributed by atoms with Crippen LogP contribution in [0.15, 0.2) is 78.9 Å². The molecule has 0 aromatic heterocycles. The number of benzene rings is 4. The van der Waals surface area contributed by atoms with Crippen molar-refractivity contribution in [3.63, 3.8) is 0 Å². The van der Waals surface area contributed by atoms with Crippen molar-refractivity contribution in [2.45, 2.75) is 6.92 Å². The van der Waals surface area contributed by atoms with E-state index in [2.05, 4.69) is 5.32 Å². The molecule has 5 rings (SSSR count). The van der Waals surface area contributed by atoms with Gasteiger partial charge in [-0.1, -0.05) is 47.5 Å². The van der Waals surface area contributed by atoms with Gasteiger partial charge in [-0.3, -0.25) is 9.59 Å². The van der Waals surface area contributed by atoms with Crippen LogP contribution in [0.25, 0.3) is 0 Å². The Morgan fingerprint density at radius 3 is 2.24 bits per heavy atom. The molecule has 0 spiro atoms. The number of ether oxygens (including phenoxy) is 1. The Kier molecular flexibility index (Phi) is 5.11. The van der Waals surface area contributed by atoms with Crippen molar-refractivity contribution >= 4 is 40.2 Å². The van der Waals surface area contributed by atoms with Gasteiger partial charge in [-0.25, -0.2) is 0 Å². The molecule has 162 valence electrons. The van der Waals surface area contributed by atoms with Crippen molar-refractivity contribution < 1.29 is 14.3 Å². The van der Waals surface area contributed by atoms with Crippen molar-refractivity contribution in [3.8, 4) is 11.5 Å². The summed E-state index contributed by atoms with van der Waals surface area (Å²) in [6, 6.07) is 23.2. The minimum atomic E-state index is -0.370. The highest BCUT2D eigenvalue weighted by Gasteiger charge is 2.35. The average Bonchev–Trinajstić information content (AvgIpc) is 2.81. The Hall–Kier alpha value is -4.09. The fourth-order valence-corrected chi connectivity index (χ4v) is 4.08. The van der Waals surface area contributed by atoms with Crippen LogP contribution < -0.4 is 15.8 Å². The van der Waals surface area contributed by atoms with Crippen molar-refractivity contribution in [3.05, 3.63) is 112 Å². The molecule has 0 heterocycles. The number of para-hydroxylation sites is 1. The first-order valence-electron chi connectivity index (χ1n) is 10.3. The topological polar surface area (TPSA) is 81.4 Å². The lowest BCUT2D eigenvalue weighted by Crippen LogP contribution is -2.24. The molecule has 5 nitrogen and oxygen atoms in total. The van der Waals surface area contributed by atoms with Gasteiger partial charge < -0.3 is 15.8 Å².